The van der Waals surface area contributed by atoms with Crippen molar-refractivity contribution in [3.8, 4) is 0 Å². The van der Waals surface area contributed by atoms with Crippen molar-refractivity contribution in [2.75, 3.05) is 16.4 Å². The third-order valence-corrected chi connectivity index (χ3v) is 6.94. The molecule has 0 aliphatic carbocycles. The Kier molecular flexibility index (Phi) is 9.71. The van der Waals surface area contributed by atoms with Gasteiger partial charge in [-0.3, -0.25) is 14.4 Å². The van der Waals surface area contributed by atoms with Gasteiger partial charge in [0.15, 0.2) is 0 Å². The summed E-state index contributed by atoms with van der Waals surface area (Å²) in [6, 6.07) is 32.8. The van der Waals surface area contributed by atoms with E-state index in [0.29, 0.717) is 11.3 Å². The molecule has 4 rings (SSSR count). The summed E-state index contributed by atoms with van der Waals surface area (Å²) in [7, 11) is 0. The predicted molar refractivity (Wildman–Crippen MR) is 162 cm³/mol. The van der Waals surface area contributed by atoms with Crippen LogP contribution in [0, 0.1) is 3.57 Å². The first-order valence-corrected chi connectivity index (χ1v) is 13.8. The molecule has 0 heterocycles. The van der Waals surface area contributed by atoms with Crippen LogP contribution in [-0.4, -0.2) is 23.5 Å². The van der Waals surface area contributed by atoms with E-state index < -0.39 is 5.91 Å². The molecule has 0 aliphatic heterocycles. The van der Waals surface area contributed by atoms with Gasteiger partial charge in [-0.2, -0.15) is 0 Å². The zero-order valence-corrected chi connectivity index (χ0v) is 23.2. The number of hydrogen-bond acceptors (Lipinski definition) is 4. The average Bonchev–Trinajstić information content (AvgIpc) is 2.94. The van der Waals surface area contributed by atoms with E-state index in [0.717, 1.165) is 19.7 Å². The van der Waals surface area contributed by atoms with Crippen LogP contribution < -0.4 is 16.0 Å². The molecule has 3 amide bonds. The number of thioether (sulfide) groups is 1. The molecular formula is C30H24IN3O3S. The average molecular weight is 634 g/mol. The predicted octanol–water partition coefficient (Wildman–Crippen LogP) is 6.43. The first kappa shape index (κ1) is 27.2. The highest BCUT2D eigenvalue weighted by Gasteiger charge is 2.15. The van der Waals surface area contributed by atoms with E-state index in [2.05, 4.69) is 38.5 Å². The van der Waals surface area contributed by atoms with Crippen molar-refractivity contribution in [2.24, 2.45) is 0 Å². The maximum Gasteiger partial charge on any atom is 0.272 e. The summed E-state index contributed by atoms with van der Waals surface area (Å²) in [5.74, 6) is -0.749. The molecule has 3 N–H and O–H groups in total. The fourth-order valence-corrected chi connectivity index (χ4v) is 4.51. The molecule has 4 aromatic rings. The molecule has 0 aromatic heterocycles. The van der Waals surface area contributed by atoms with Crippen LogP contribution >= 0.6 is 34.4 Å². The second kappa shape index (κ2) is 13.6. The summed E-state index contributed by atoms with van der Waals surface area (Å²) in [6.07, 6.45) is 1.63. The number of carbonyl (C=O) groups excluding carboxylic acids is 3. The fraction of sp³-hybridized carbons (Fsp3) is 0.0333. The molecule has 0 bridgehead atoms. The van der Waals surface area contributed by atoms with E-state index in [-0.39, 0.29) is 23.3 Å². The van der Waals surface area contributed by atoms with Gasteiger partial charge in [0.1, 0.15) is 5.70 Å². The van der Waals surface area contributed by atoms with Crippen molar-refractivity contribution in [1.29, 1.82) is 0 Å². The van der Waals surface area contributed by atoms with Gasteiger partial charge in [-0.05, 0) is 88.8 Å². The number of halogens is 1. The van der Waals surface area contributed by atoms with Crippen molar-refractivity contribution < 1.29 is 14.4 Å². The van der Waals surface area contributed by atoms with Gasteiger partial charge in [0, 0.05) is 25.4 Å². The molecular weight excluding hydrogens is 609 g/mol. The Morgan fingerprint density at radius 2 is 1.42 bits per heavy atom. The summed E-state index contributed by atoms with van der Waals surface area (Å²) < 4.78 is 1.09. The number of carbonyl (C=O) groups is 3. The van der Waals surface area contributed by atoms with Gasteiger partial charge in [0.05, 0.1) is 5.75 Å². The van der Waals surface area contributed by atoms with Crippen LogP contribution in [-0.2, 0) is 9.59 Å². The SMILES string of the molecule is O=C(CSc1cccc(NC(=O)/C(=C/c2ccccc2)NC(=O)c2ccccc2)c1)Nc1ccc(I)cc1. The van der Waals surface area contributed by atoms with Gasteiger partial charge >= 0.3 is 0 Å². The molecule has 0 fully saturated rings. The zero-order chi connectivity index (χ0) is 26.7. The summed E-state index contributed by atoms with van der Waals surface area (Å²) in [5, 5.41) is 8.47. The van der Waals surface area contributed by atoms with Crippen molar-refractivity contribution in [2.45, 2.75) is 4.90 Å². The van der Waals surface area contributed by atoms with E-state index in [1.165, 1.54) is 11.8 Å². The number of rotatable bonds is 9. The first-order valence-electron chi connectivity index (χ1n) is 11.7. The molecule has 8 heteroatoms. The minimum Gasteiger partial charge on any atom is -0.325 e. The molecule has 0 aliphatic rings. The lowest BCUT2D eigenvalue weighted by atomic mass is 10.1. The number of anilines is 2. The van der Waals surface area contributed by atoms with Gasteiger partial charge in [-0.25, -0.2) is 0 Å². The Labute approximate surface area is 239 Å². The summed E-state index contributed by atoms with van der Waals surface area (Å²) in [6.45, 7) is 0. The highest BCUT2D eigenvalue weighted by Crippen LogP contribution is 2.23. The van der Waals surface area contributed by atoms with Gasteiger partial charge in [0.2, 0.25) is 5.91 Å². The highest BCUT2D eigenvalue weighted by atomic mass is 127. The topological polar surface area (TPSA) is 87.3 Å². The van der Waals surface area contributed by atoms with Gasteiger partial charge < -0.3 is 16.0 Å². The van der Waals surface area contributed by atoms with Crippen molar-refractivity contribution >= 4 is 69.5 Å². The number of benzene rings is 4. The third kappa shape index (κ3) is 8.32. The molecule has 38 heavy (non-hydrogen) atoms. The van der Waals surface area contributed by atoms with Crippen LogP contribution in [0.4, 0.5) is 11.4 Å². The molecule has 0 saturated heterocycles. The zero-order valence-electron chi connectivity index (χ0n) is 20.2. The Morgan fingerprint density at radius 1 is 0.737 bits per heavy atom. The Balaban J connectivity index is 1.42. The van der Waals surface area contributed by atoms with E-state index in [1.807, 2.05) is 66.7 Å². The normalized spacial score (nSPS) is 10.9. The van der Waals surface area contributed by atoms with Crippen LogP contribution in [0.1, 0.15) is 15.9 Å². The van der Waals surface area contributed by atoms with Crippen LogP contribution in [0.2, 0.25) is 0 Å². The van der Waals surface area contributed by atoms with E-state index in [4.69, 9.17) is 0 Å². The molecule has 0 atom stereocenters. The van der Waals surface area contributed by atoms with E-state index in [9.17, 15) is 14.4 Å². The fourth-order valence-electron chi connectivity index (χ4n) is 3.40. The molecule has 6 nitrogen and oxygen atoms in total. The molecule has 0 saturated carbocycles. The standard InChI is InChI=1S/C30H24IN3O3S/c31-23-14-16-24(17-15-23)32-28(35)20-38-26-13-7-12-25(19-26)33-30(37)27(18-21-8-3-1-4-9-21)34-29(36)22-10-5-2-6-11-22/h1-19H,20H2,(H,32,35)(H,33,37)(H,34,36)/b27-18-. The number of nitrogens with one attached hydrogen (secondary N) is 3. The summed E-state index contributed by atoms with van der Waals surface area (Å²) in [4.78, 5) is 39.2. The first-order chi connectivity index (χ1) is 18.5. The van der Waals surface area contributed by atoms with Crippen molar-refractivity contribution in [1.82, 2.24) is 5.32 Å². The maximum absolute atomic E-state index is 13.2. The quantitative estimate of drug-likeness (QED) is 0.113. The van der Waals surface area contributed by atoms with E-state index >= 15 is 0 Å². The lowest BCUT2D eigenvalue weighted by molar-refractivity contribution is -0.114. The van der Waals surface area contributed by atoms with Gasteiger partial charge in [-0.1, -0.05) is 54.6 Å². The molecule has 4 aromatic carbocycles. The van der Waals surface area contributed by atoms with Gasteiger partial charge in [0.25, 0.3) is 11.8 Å². The van der Waals surface area contributed by atoms with Crippen LogP contribution in [0.5, 0.6) is 0 Å². The van der Waals surface area contributed by atoms with Gasteiger partial charge in [-0.15, -0.1) is 11.8 Å². The lowest BCUT2D eigenvalue weighted by Gasteiger charge is -2.12. The monoisotopic (exact) mass is 633 g/mol. The smallest absolute Gasteiger partial charge is 0.272 e. The van der Waals surface area contributed by atoms with Crippen LogP contribution in [0.3, 0.4) is 0 Å². The second-order valence-corrected chi connectivity index (χ2v) is 10.4. The molecule has 0 unspecified atom stereocenters. The molecule has 0 spiro atoms. The second-order valence-electron chi connectivity index (χ2n) is 8.11. The molecule has 0 radical (unpaired) electrons. The van der Waals surface area contributed by atoms with Crippen LogP contribution in [0.25, 0.3) is 6.08 Å². The Hall–Kier alpha value is -3.89. The largest absolute Gasteiger partial charge is 0.325 e. The maximum atomic E-state index is 13.2. The third-order valence-electron chi connectivity index (χ3n) is 5.23. The number of amides is 3. The van der Waals surface area contributed by atoms with Crippen molar-refractivity contribution in [3.63, 3.8) is 0 Å². The Bertz CT molecular complexity index is 1440. The number of hydrogen-bond donors (Lipinski definition) is 3. The van der Waals surface area contributed by atoms with E-state index in [1.54, 1.807) is 48.5 Å². The van der Waals surface area contributed by atoms with Crippen molar-refractivity contribution in [3.05, 3.63) is 130 Å². The minimum absolute atomic E-state index is 0.111. The summed E-state index contributed by atoms with van der Waals surface area (Å²) in [5.41, 5.74) is 2.62. The highest BCUT2D eigenvalue weighted by molar-refractivity contribution is 14.1. The summed E-state index contributed by atoms with van der Waals surface area (Å²) >= 11 is 3.57. The Morgan fingerprint density at radius 3 is 2.13 bits per heavy atom. The lowest BCUT2D eigenvalue weighted by Crippen LogP contribution is -2.30. The van der Waals surface area contributed by atoms with Crippen LogP contribution in [0.15, 0.2) is 120 Å². The molecule has 190 valence electrons. The minimum atomic E-state index is -0.461.